The predicted octanol–water partition coefficient (Wildman–Crippen LogP) is 2.29. The lowest BCUT2D eigenvalue weighted by atomic mass is 10.2. The van der Waals surface area contributed by atoms with Gasteiger partial charge in [-0.15, -0.1) is 11.3 Å². The van der Waals surface area contributed by atoms with Gasteiger partial charge < -0.3 is 5.73 Å². The molecule has 1 rings (SSSR count). The van der Waals surface area contributed by atoms with Crippen LogP contribution >= 0.6 is 27.3 Å². The Hall–Kier alpha value is -0.880. The highest BCUT2D eigenvalue weighted by atomic mass is 79.9. The molecule has 0 unspecified atom stereocenters. The summed E-state index contributed by atoms with van der Waals surface area (Å²) in [5.41, 5.74) is 7.96. The third-order valence-corrected chi connectivity index (χ3v) is 3.17. The summed E-state index contributed by atoms with van der Waals surface area (Å²) in [6.45, 7) is 1.97. The molecule has 0 aliphatic carbocycles. The Bertz CT molecular complexity index is 361. The van der Waals surface area contributed by atoms with Crippen LogP contribution in [0.1, 0.15) is 18.2 Å². The quantitative estimate of drug-likeness (QED) is 0.645. The van der Waals surface area contributed by atoms with Crippen molar-refractivity contribution < 1.29 is 4.79 Å². The first kappa shape index (κ1) is 11.2. The van der Waals surface area contributed by atoms with Crippen molar-refractivity contribution in [2.75, 3.05) is 0 Å². The highest BCUT2D eigenvalue weighted by molar-refractivity contribution is 9.11. The first-order valence-electron chi connectivity index (χ1n) is 4.01. The Morgan fingerprint density at radius 1 is 1.71 bits per heavy atom. The smallest absolute Gasteiger partial charge is 0.332 e. The molecule has 3 N–H and O–H groups in total. The largest absolute Gasteiger partial charge is 0.350 e. The minimum absolute atomic E-state index is 0.647. The van der Waals surface area contributed by atoms with E-state index < -0.39 is 6.03 Å². The molecule has 1 aromatic rings. The normalized spacial score (nSPS) is 11.4. The number of nitrogens with zero attached hydrogens (tertiary/aromatic N) is 1. The lowest BCUT2D eigenvalue weighted by Gasteiger charge is -1.99. The molecule has 76 valence electrons. The fourth-order valence-electron chi connectivity index (χ4n) is 0.900. The number of carbonyl (C=O) groups is 1. The maximum Gasteiger partial charge on any atom is 0.332 e. The van der Waals surface area contributed by atoms with Crippen molar-refractivity contribution in [3.8, 4) is 0 Å². The van der Waals surface area contributed by atoms with Gasteiger partial charge in [0.05, 0.1) is 14.4 Å². The first-order chi connectivity index (χ1) is 6.63. The van der Waals surface area contributed by atoms with E-state index in [1.165, 1.54) is 0 Å². The maximum atomic E-state index is 10.5. The van der Waals surface area contributed by atoms with Gasteiger partial charge in [-0.2, -0.15) is 5.10 Å². The van der Waals surface area contributed by atoms with Crippen LogP contribution in [-0.4, -0.2) is 11.7 Å². The SMILES string of the molecule is CC/C(=N\NC(N)=O)c1ccc(Br)s1. The number of primary amides is 1. The van der Waals surface area contributed by atoms with E-state index in [0.29, 0.717) is 0 Å². The number of hydrogen-bond donors (Lipinski definition) is 2. The summed E-state index contributed by atoms with van der Waals surface area (Å²) in [4.78, 5) is 11.5. The minimum Gasteiger partial charge on any atom is -0.350 e. The molecule has 0 aromatic carbocycles. The van der Waals surface area contributed by atoms with Gasteiger partial charge in [0, 0.05) is 0 Å². The van der Waals surface area contributed by atoms with E-state index in [-0.39, 0.29) is 0 Å². The second-order valence-electron chi connectivity index (χ2n) is 2.49. The molecular formula is C8H10BrN3OS. The van der Waals surface area contributed by atoms with E-state index in [1.807, 2.05) is 19.1 Å². The van der Waals surface area contributed by atoms with Gasteiger partial charge in [0.1, 0.15) is 0 Å². The van der Waals surface area contributed by atoms with Gasteiger partial charge in [-0.3, -0.25) is 0 Å². The molecule has 0 fully saturated rings. The van der Waals surface area contributed by atoms with E-state index in [2.05, 4.69) is 26.5 Å². The molecule has 0 aliphatic rings. The van der Waals surface area contributed by atoms with E-state index in [4.69, 9.17) is 5.73 Å². The van der Waals surface area contributed by atoms with Crippen LogP contribution in [0.25, 0.3) is 0 Å². The van der Waals surface area contributed by atoms with E-state index >= 15 is 0 Å². The monoisotopic (exact) mass is 275 g/mol. The Balaban J connectivity index is 2.81. The second kappa shape index (κ2) is 5.11. The molecular weight excluding hydrogens is 266 g/mol. The van der Waals surface area contributed by atoms with Gasteiger partial charge in [0.25, 0.3) is 0 Å². The van der Waals surface area contributed by atoms with Gasteiger partial charge in [-0.05, 0) is 34.5 Å². The first-order valence-corrected chi connectivity index (χ1v) is 5.62. The van der Waals surface area contributed by atoms with Crippen LogP contribution in [0, 0.1) is 0 Å². The van der Waals surface area contributed by atoms with Crippen LogP contribution in [0.15, 0.2) is 21.0 Å². The van der Waals surface area contributed by atoms with E-state index in [9.17, 15) is 4.79 Å². The van der Waals surface area contributed by atoms with Crippen molar-refractivity contribution in [2.45, 2.75) is 13.3 Å². The topological polar surface area (TPSA) is 67.5 Å². The van der Waals surface area contributed by atoms with Crippen LogP contribution in [0.4, 0.5) is 4.79 Å². The highest BCUT2D eigenvalue weighted by Crippen LogP contribution is 2.23. The highest BCUT2D eigenvalue weighted by Gasteiger charge is 2.04. The predicted molar refractivity (Wildman–Crippen MR) is 61.6 cm³/mol. The van der Waals surface area contributed by atoms with Gasteiger partial charge in [0.15, 0.2) is 0 Å². The lowest BCUT2D eigenvalue weighted by Crippen LogP contribution is -2.25. The number of amides is 2. The van der Waals surface area contributed by atoms with Crippen LogP contribution in [0.5, 0.6) is 0 Å². The number of hydrogen-bond acceptors (Lipinski definition) is 3. The molecule has 0 radical (unpaired) electrons. The summed E-state index contributed by atoms with van der Waals surface area (Å²) in [6, 6.07) is 3.24. The maximum absolute atomic E-state index is 10.5. The summed E-state index contributed by atoms with van der Waals surface area (Å²) in [5.74, 6) is 0. The minimum atomic E-state index is -0.647. The summed E-state index contributed by atoms with van der Waals surface area (Å²) < 4.78 is 1.03. The summed E-state index contributed by atoms with van der Waals surface area (Å²) in [7, 11) is 0. The average molecular weight is 276 g/mol. The number of nitrogens with one attached hydrogen (secondary N) is 1. The van der Waals surface area contributed by atoms with Crippen molar-refractivity contribution in [3.05, 3.63) is 20.8 Å². The van der Waals surface area contributed by atoms with E-state index in [0.717, 1.165) is 20.8 Å². The third-order valence-electron chi connectivity index (χ3n) is 1.49. The van der Waals surface area contributed by atoms with Crippen molar-refractivity contribution in [1.82, 2.24) is 5.43 Å². The van der Waals surface area contributed by atoms with Gasteiger partial charge >= 0.3 is 6.03 Å². The summed E-state index contributed by atoms with van der Waals surface area (Å²) in [6.07, 6.45) is 0.743. The van der Waals surface area contributed by atoms with Gasteiger partial charge in [-0.25, -0.2) is 10.2 Å². The van der Waals surface area contributed by atoms with Crippen LogP contribution < -0.4 is 11.2 Å². The molecule has 0 atom stereocenters. The Morgan fingerprint density at radius 2 is 2.43 bits per heavy atom. The van der Waals surface area contributed by atoms with Crippen molar-refractivity contribution in [2.24, 2.45) is 10.8 Å². The van der Waals surface area contributed by atoms with Crippen LogP contribution in [0.3, 0.4) is 0 Å². The van der Waals surface area contributed by atoms with Crippen molar-refractivity contribution in [3.63, 3.8) is 0 Å². The number of nitrogens with two attached hydrogens (primary N) is 1. The van der Waals surface area contributed by atoms with Crippen LogP contribution in [-0.2, 0) is 0 Å². The zero-order valence-corrected chi connectivity index (χ0v) is 9.98. The summed E-state index contributed by atoms with van der Waals surface area (Å²) >= 11 is 4.93. The zero-order valence-electron chi connectivity index (χ0n) is 7.58. The molecule has 1 heterocycles. The Morgan fingerprint density at radius 3 is 2.86 bits per heavy atom. The third kappa shape index (κ3) is 3.12. The standard InChI is InChI=1S/C8H10BrN3OS/c1-2-5(11-12-8(10)13)6-3-4-7(9)14-6/h3-4H,2H2,1H3,(H3,10,12,13)/b11-5+. The lowest BCUT2D eigenvalue weighted by molar-refractivity contribution is 0.249. The van der Waals surface area contributed by atoms with E-state index in [1.54, 1.807) is 11.3 Å². The average Bonchev–Trinajstić information content (AvgIpc) is 2.53. The van der Waals surface area contributed by atoms with Crippen LogP contribution in [0.2, 0.25) is 0 Å². The number of rotatable bonds is 3. The number of halogens is 1. The number of hydrazone groups is 1. The molecule has 0 spiro atoms. The van der Waals surface area contributed by atoms with Crippen molar-refractivity contribution >= 4 is 39.0 Å². The molecule has 0 bridgehead atoms. The molecule has 0 saturated heterocycles. The number of urea groups is 1. The number of thiophene rings is 1. The van der Waals surface area contributed by atoms with Gasteiger partial charge in [0.2, 0.25) is 0 Å². The number of carbonyl (C=O) groups excluding carboxylic acids is 1. The second-order valence-corrected chi connectivity index (χ2v) is 4.95. The fraction of sp³-hybridized carbons (Fsp3) is 0.250. The Labute approximate surface area is 94.3 Å². The summed E-state index contributed by atoms with van der Waals surface area (Å²) in [5, 5.41) is 3.91. The molecule has 4 nitrogen and oxygen atoms in total. The molecule has 0 aliphatic heterocycles. The van der Waals surface area contributed by atoms with Gasteiger partial charge in [-0.1, -0.05) is 6.92 Å². The van der Waals surface area contributed by atoms with Crippen molar-refractivity contribution in [1.29, 1.82) is 0 Å². The molecule has 2 amide bonds. The molecule has 1 aromatic heterocycles. The molecule has 6 heteroatoms. The molecule has 0 saturated carbocycles. The fourth-order valence-corrected chi connectivity index (χ4v) is 2.35. The zero-order chi connectivity index (χ0) is 10.6. The Kier molecular flexibility index (Phi) is 4.09. The molecule has 14 heavy (non-hydrogen) atoms.